The van der Waals surface area contributed by atoms with Crippen LogP contribution in [0.4, 0.5) is 5.69 Å². The van der Waals surface area contributed by atoms with Gasteiger partial charge in [-0.05, 0) is 41.0 Å². The summed E-state index contributed by atoms with van der Waals surface area (Å²) in [4.78, 5) is 8.56. The van der Waals surface area contributed by atoms with Crippen LogP contribution in [-0.2, 0) is 6.54 Å². The average Bonchev–Trinajstić information content (AvgIpc) is 3.02. The standard InChI is InChI=1S/C19H14BClN4/c20-18-11-24-19-17(23-10-13-3-2-6-22-9-13)8-15(12-25(18)19)14-4-1-5-16(21)7-14/h1-9,11-12,23H,10H2. The van der Waals surface area contributed by atoms with Crippen molar-refractivity contribution in [3.05, 3.63) is 77.8 Å². The van der Waals surface area contributed by atoms with Gasteiger partial charge < -0.3 is 9.72 Å². The van der Waals surface area contributed by atoms with Crippen molar-refractivity contribution in [2.24, 2.45) is 0 Å². The van der Waals surface area contributed by atoms with E-state index in [0.29, 0.717) is 17.2 Å². The van der Waals surface area contributed by atoms with Gasteiger partial charge in [-0.3, -0.25) is 4.98 Å². The lowest BCUT2D eigenvalue weighted by atomic mass is 10.0. The molecule has 0 spiro atoms. The Labute approximate surface area is 151 Å². The molecule has 4 rings (SSSR count). The Morgan fingerprint density at radius 2 is 2.00 bits per heavy atom. The fourth-order valence-electron chi connectivity index (χ4n) is 2.76. The Kier molecular flexibility index (Phi) is 4.16. The van der Waals surface area contributed by atoms with E-state index in [9.17, 15) is 0 Å². The SMILES string of the molecule is [B]c1cnc2c(NCc3cccnc3)cc(-c3cccc(Cl)c3)cn12. The highest BCUT2D eigenvalue weighted by molar-refractivity contribution is 6.31. The third-order valence-electron chi connectivity index (χ3n) is 4.00. The van der Waals surface area contributed by atoms with E-state index in [1.165, 1.54) is 0 Å². The molecular weight excluding hydrogens is 331 g/mol. The van der Waals surface area contributed by atoms with Crippen LogP contribution in [0, 0.1) is 0 Å². The molecule has 0 saturated heterocycles. The summed E-state index contributed by atoms with van der Waals surface area (Å²) in [6.45, 7) is 0.648. The molecule has 4 nitrogen and oxygen atoms in total. The van der Waals surface area contributed by atoms with Crippen LogP contribution >= 0.6 is 11.6 Å². The Balaban J connectivity index is 1.77. The quantitative estimate of drug-likeness (QED) is 0.577. The van der Waals surface area contributed by atoms with Crippen LogP contribution in [0.1, 0.15) is 5.56 Å². The lowest BCUT2D eigenvalue weighted by Crippen LogP contribution is -2.10. The van der Waals surface area contributed by atoms with Crippen LogP contribution < -0.4 is 10.9 Å². The molecule has 4 aromatic rings. The Morgan fingerprint density at radius 3 is 2.80 bits per heavy atom. The van der Waals surface area contributed by atoms with Crippen LogP contribution in [-0.4, -0.2) is 22.2 Å². The fraction of sp³-hybridized carbons (Fsp3) is 0.0526. The molecule has 3 aromatic heterocycles. The molecule has 0 fully saturated rings. The minimum absolute atomic E-state index is 0.586. The predicted molar refractivity (Wildman–Crippen MR) is 103 cm³/mol. The van der Waals surface area contributed by atoms with E-state index in [1.54, 1.807) is 12.4 Å². The Morgan fingerprint density at radius 1 is 1.08 bits per heavy atom. The number of nitrogens with zero attached hydrogens (tertiary/aromatic N) is 3. The van der Waals surface area contributed by atoms with Gasteiger partial charge in [0.25, 0.3) is 0 Å². The number of aromatic nitrogens is 3. The summed E-state index contributed by atoms with van der Waals surface area (Å²) in [5.74, 6) is 0. The van der Waals surface area contributed by atoms with Gasteiger partial charge in [-0.25, -0.2) is 4.98 Å². The zero-order valence-corrected chi connectivity index (χ0v) is 14.1. The number of hydrogen-bond donors (Lipinski definition) is 1. The molecule has 0 atom stereocenters. The van der Waals surface area contributed by atoms with Crippen LogP contribution in [0.2, 0.25) is 5.02 Å². The van der Waals surface area contributed by atoms with E-state index in [1.807, 2.05) is 53.2 Å². The van der Waals surface area contributed by atoms with Gasteiger partial charge in [-0.1, -0.05) is 29.8 Å². The lowest BCUT2D eigenvalue weighted by Gasteiger charge is -2.12. The van der Waals surface area contributed by atoms with Crippen LogP contribution in [0.5, 0.6) is 0 Å². The minimum Gasteiger partial charge on any atom is -0.378 e. The minimum atomic E-state index is 0.586. The molecule has 25 heavy (non-hydrogen) atoms. The van der Waals surface area contributed by atoms with E-state index in [2.05, 4.69) is 21.4 Å². The lowest BCUT2D eigenvalue weighted by molar-refractivity contribution is 1.10. The van der Waals surface area contributed by atoms with Crippen molar-refractivity contribution in [1.29, 1.82) is 0 Å². The largest absolute Gasteiger partial charge is 0.378 e. The number of hydrogen-bond acceptors (Lipinski definition) is 3. The number of benzene rings is 1. The smallest absolute Gasteiger partial charge is 0.159 e. The first kappa shape index (κ1) is 15.7. The fourth-order valence-corrected chi connectivity index (χ4v) is 2.95. The van der Waals surface area contributed by atoms with Crippen molar-refractivity contribution < 1.29 is 0 Å². The van der Waals surface area contributed by atoms with Gasteiger partial charge in [0.1, 0.15) is 7.85 Å². The maximum Gasteiger partial charge on any atom is 0.159 e. The highest BCUT2D eigenvalue weighted by Crippen LogP contribution is 2.27. The van der Waals surface area contributed by atoms with Crippen molar-refractivity contribution in [3.8, 4) is 11.1 Å². The number of nitrogens with one attached hydrogen (secondary N) is 1. The van der Waals surface area contributed by atoms with E-state index >= 15 is 0 Å². The normalized spacial score (nSPS) is 10.9. The molecule has 1 aromatic carbocycles. The van der Waals surface area contributed by atoms with Crippen molar-refractivity contribution in [1.82, 2.24) is 14.4 Å². The molecule has 0 aliphatic heterocycles. The highest BCUT2D eigenvalue weighted by Gasteiger charge is 2.09. The summed E-state index contributed by atoms with van der Waals surface area (Å²) in [7, 11) is 6.07. The van der Waals surface area contributed by atoms with E-state index in [-0.39, 0.29) is 0 Å². The third kappa shape index (κ3) is 3.23. The molecule has 2 radical (unpaired) electrons. The van der Waals surface area contributed by atoms with Gasteiger partial charge in [0.05, 0.1) is 5.69 Å². The predicted octanol–water partition coefficient (Wildman–Crippen LogP) is 3.46. The second-order valence-electron chi connectivity index (χ2n) is 5.74. The van der Waals surface area contributed by atoms with Gasteiger partial charge in [0.2, 0.25) is 0 Å². The van der Waals surface area contributed by atoms with Crippen LogP contribution in [0.25, 0.3) is 16.8 Å². The zero-order chi connectivity index (χ0) is 17.2. The van der Waals surface area contributed by atoms with E-state index in [0.717, 1.165) is 28.0 Å². The first-order valence-corrected chi connectivity index (χ1v) is 8.24. The Bertz CT molecular complexity index is 1030. The third-order valence-corrected chi connectivity index (χ3v) is 4.23. The summed E-state index contributed by atoms with van der Waals surface area (Å²) in [5.41, 5.74) is 5.39. The summed E-state index contributed by atoms with van der Waals surface area (Å²) >= 11 is 6.14. The topological polar surface area (TPSA) is 42.2 Å². The van der Waals surface area contributed by atoms with E-state index < -0.39 is 0 Å². The molecule has 120 valence electrons. The molecular formula is C19H14BClN4. The molecule has 0 saturated carbocycles. The molecule has 1 N–H and O–H groups in total. The average molecular weight is 345 g/mol. The molecule has 6 heteroatoms. The molecule has 0 amide bonds. The molecule has 0 bridgehead atoms. The first-order chi connectivity index (χ1) is 12.2. The molecule has 0 aliphatic rings. The summed E-state index contributed by atoms with van der Waals surface area (Å²) in [6.07, 6.45) is 7.23. The first-order valence-electron chi connectivity index (χ1n) is 7.86. The monoisotopic (exact) mass is 344 g/mol. The van der Waals surface area contributed by atoms with Crippen molar-refractivity contribution >= 4 is 36.4 Å². The second-order valence-corrected chi connectivity index (χ2v) is 6.18. The van der Waals surface area contributed by atoms with Crippen LogP contribution in [0.3, 0.4) is 0 Å². The Hall–Kier alpha value is -2.79. The number of halogens is 1. The van der Waals surface area contributed by atoms with Crippen molar-refractivity contribution in [3.63, 3.8) is 0 Å². The van der Waals surface area contributed by atoms with Crippen LogP contribution in [0.15, 0.2) is 67.3 Å². The number of anilines is 1. The maximum atomic E-state index is 6.14. The van der Waals surface area contributed by atoms with Gasteiger partial charge >= 0.3 is 0 Å². The van der Waals surface area contributed by atoms with Gasteiger partial charge in [-0.15, -0.1) is 0 Å². The number of fused-ring (bicyclic) bond motifs is 1. The van der Waals surface area contributed by atoms with E-state index in [4.69, 9.17) is 19.4 Å². The number of imidazole rings is 1. The highest BCUT2D eigenvalue weighted by atomic mass is 35.5. The maximum absolute atomic E-state index is 6.14. The number of pyridine rings is 2. The molecule has 0 aliphatic carbocycles. The zero-order valence-electron chi connectivity index (χ0n) is 13.4. The molecule has 0 unspecified atom stereocenters. The van der Waals surface area contributed by atoms with Crippen molar-refractivity contribution in [2.45, 2.75) is 6.54 Å². The summed E-state index contributed by atoms with van der Waals surface area (Å²) in [6, 6.07) is 13.7. The van der Waals surface area contributed by atoms with Gasteiger partial charge in [-0.2, -0.15) is 0 Å². The van der Waals surface area contributed by atoms with Gasteiger partial charge in [0.15, 0.2) is 5.65 Å². The molecule has 3 heterocycles. The van der Waals surface area contributed by atoms with Crippen molar-refractivity contribution in [2.75, 3.05) is 5.32 Å². The summed E-state index contributed by atoms with van der Waals surface area (Å²) in [5, 5.41) is 4.13. The summed E-state index contributed by atoms with van der Waals surface area (Å²) < 4.78 is 1.88. The second kappa shape index (κ2) is 6.61. The number of rotatable bonds is 4. The van der Waals surface area contributed by atoms with Gasteiger partial charge in [0, 0.05) is 41.9 Å².